The van der Waals surface area contributed by atoms with E-state index >= 15 is 0 Å². The molecule has 0 radical (unpaired) electrons. The van der Waals surface area contributed by atoms with Gasteiger partial charge in [-0.05, 0) is 61.7 Å². The smallest absolute Gasteiger partial charge is 0.119 e. The minimum Gasteiger partial charge on any atom is -0.497 e. The van der Waals surface area contributed by atoms with Crippen LogP contribution in [-0.4, -0.2) is 31.7 Å². The molecule has 0 spiro atoms. The molecule has 0 unspecified atom stereocenters. The highest BCUT2D eigenvalue weighted by atomic mass is 16.5. The molecule has 1 fully saturated rings. The maximum atomic E-state index is 5.92. The van der Waals surface area contributed by atoms with Crippen molar-refractivity contribution in [3.63, 3.8) is 0 Å². The molecule has 23 heavy (non-hydrogen) atoms. The van der Waals surface area contributed by atoms with E-state index in [1.807, 2.05) is 24.3 Å². The van der Waals surface area contributed by atoms with Crippen molar-refractivity contribution in [2.24, 2.45) is 5.92 Å². The van der Waals surface area contributed by atoms with E-state index in [0.717, 1.165) is 37.7 Å². The van der Waals surface area contributed by atoms with Crippen molar-refractivity contribution < 1.29 is 9.47 Å². The Labute approximate surface area is 138 Å². The third kappa shape index (κ3) is 4.73. The molecule has 0 aromatic heterocycles. The summed E-state index contributed by atoms with van der Waals surface area (Å²) in [6, 6.07) is 18.6. The third-order valence-electron chi connectivity index (χ3n) is 4.50. The molecule has 1 aliphatic heterocycles. The van der Waals surface area contributed by atoms with Gasteiger partial charge in [-0.15, -0.1) is 0 Å². The first kappa shape index (κ1) is 15.9. The zero-order chi connectivity index (χ0) is 15.9. The van der Waals surface area contributed by atoms with Crippen molar-refractivity contribution in [3.05, 3.63) is 60.2 Å². The Kier molecular flexibility index (Phi) is 5.54. The predicted molar refractivity (Wildman–Crippen MR) is 92.9 cm³/mol. The van der Waals surface area contributed by atoms with E-state index in [4.69, 9.17) is 9.47 Å². The molecule has 122 valence electrons. The zero-order valence-electron chi connectivity index (χ0n) is 13.8. The number of likely N-dealkylation sites (tertiary alicyclic amines) is 1. The summed E-state index contributed by atoms with van der Waals surface area (Å²) in [6.45, 7) is 4.19. The van der Waals surface area contributed by atoms with Crippen LogP contribution in [0.3, 0.4) is 0 Å². The van der Waals surface area contributed by atoms with Crippen molar-refractivity contribution in [1.82, 2.24) is 4.90 Å². The fraction of sp³-hybridized carbons (Fsp3) is 0.400. The summed E-state index contributed by atoms with van der Waals surface area (Å²) >= 11 is 0. The topological polar surface area (TPSA) is 21.7 Å². The van der Waals surface area contributed by atoms with Gasteiger partial charge in [-0.3, -0.25) is 4.90 Å². The number of ether oxygens (including phenoxy) is 2. The highest BCUT2D eigenvalue weighted by Crippen LogP contribution is 2.22. The highest BCUT2D eigenvalue weighted by Gasteiger charge is 2.19. The first-order valence-electron chi connectivity index (χ1n) is 8.36. The second-order valence-corrected chi connectivity index (χ2v) is 6.19. The molecule has 2 aromatic rings. The maximum absolute atomic E-state index is 5.92. The lowest BCUT2D eigenvalue weighted by Crippen LogP contribution is -2.35. The fourth-order valence-corrected chi connectivity index (χ4v) is 3.04. The van der Waals surface area contributed by atoms with E-state index < -0.39 is 0 Å². The summed E-state index contributed by atoms with van der Waals surface area (Å²) in [4.78, 5) is 2.54. The molecule has 0 atom stereocenters. The summed E-state index contributed by atoms with van der Waals surface area (Å²) in [5.41, 5.74) is 1.40. The number of benzene rings is 2. The average Bonchev–Trinajstić information content (AvgIpc) is 2.62. The van der Waals surface area contributed by atoms with Crippen LogP contribution in [0, 0.1) is 5.92 Å². The summed E-state index contributed by atoms with van der Waals surface area (Å²) in [5.74, 6) is 2.45. The van der Waals surface area contributed by atoms with Gasteiger partial charge in [0.1, 0.15) is 11.5 Å². The highest BCUT2D eigenvalue weighted by molar-refractivity contribution is 5.31. The van der Waals surface area contributed by atoms with Gasteiger partial charge in [0.2, 0.25) is 0 Å². The Balaban J connectivity index is 1.40. The quantitative estimate of drug-likeness (QED) is 0.805. The Morgan fingerprint density at radius 1 is 0.913 bits per heavy atom. The number of nitrogens with zero attached hydrogens (tertiary/aromatic N) is 1. The van der Waals surface area contributed by atoms with Crippen molar-refractivity contribution in [2.45, 2.75) is 19.4 Å². The molecule has 0 N–H and O–H groups in total. The van der Waals surface area contributed by atoms with E-state index in [9.17, 15) is 0 Å². The minimum atomic E-state index is 0.657. The molecule has 1 saturated heterocycles. The molecule has 0 bridgehead atoms. The third-order valence-corrected chi connectivity index (χ3v) is 4.50. The molecule has 3 rings (SSSR count). The summed E-state index contributed by atoms with van der Waals surface area (Å²) in [7, 11) is 1.68. The first-order chi connectivity index (χ1) is 11.3. The summed E-state index contributed by atoms with van der Waals surface area (Å²) in [5, 5.41) is 0. The van der Waals surface area contributed by atoms with E-state index in [0.29, 0.717) is 5.92 Å². The lowest BCUT2D eigenvalue weighted by molar-refractivity contribution is 0.136. The molecule has 3 heteroatoms. The second kappa shape index (κ2) is 8.02. The second-order valence-electron chi connectivity index (χ2n) is 6.19. The normalized spacial score (nSPS) is 16.2. The Bertz CT molecular complexity index is 574. The average molecular weight is 311 g/mol. The summed E-state index contributed by atoms with van der Waals surface area (Å²) < 4.78 is 11.1. The van der Waals surface area contributed by atoms with Crippen molar-refractivity contribution in [2.75, 3.05) is 26.8 Å². The van der Waals surface area contributed by atoms with Gasteiger partial charge < -0.3 is 9.47 Å². The van der Waals surface area contributed by atoms with Crippen molar-refractivity contribution in [3.8, 4) is 11.5 Å². The van der Waals surface area contributed by atoms with Crippen molar-refractivity contribution in [1.29, 1.82) is 0 Å². The lowest BCUT2D eigenvalue weighted by Gasteiger charge is -2.31. The number of hydrogen-bond acceptors (Lipinski definition) is 3. The molecule has 0 amide bonds. The van der Waals surface area contributed by atoms with Crippen LogP contribution in [0.25, 0.3) is 0 Å². The molecular formula is C20H25NO2. The molecule has 3 nitrogen and oxygen atoms in total. The van der Waals surface area contributed by atoms with Gasteiger partial charge in [-0.25, -0.2) is 0 Å². The molecule has 2 aromatic carbocycles. The number of hydrogen-bond donors (Lipinski definition) is 0. The standard InChI is InChI=1S/C20H25NO2/c1-22-19-7-9-20(10-8-19)23-16-18-11-13-21(14-12-18)15-17-5-3-2-4-6-17/h2-10,18H,11-16H2,1H3. The first-order valence-corrected chi connectivity index (χ1v) is 8.36. The Hall–Kier alpha value is -2.00. The molecular weight excluding hydrogens is 286 g/mol. The predicted octanol–water partition coefficient (Wildman–Crippen LogP) is 3.99. The van der Waals surface area contributed by atoms with Gasteiger partial charge >= 0.3 is 0 Å². The minimum absolute atomic E-state index is 0.657. The van der Waals surface area contributed by atoms with Crippen LogP contribution in [0.4, 0.5) is 0 Å². The van der Waals surface area contributed by atoms with Crippen LogP contribution in [0.2, 0.25) is 0 Å². The van der Waals surface area contributed by atoms with Crippen molar-refractivity contribution >= 4 is 0 Å². The molecule has 0 aliphatic carbocycles. The molecule has 1 aliphatic rings. The van der Waals surface area contributed by atoms with Crippen LogP contribution in [0.5, 0.6) is 11.5 Å². The largest absolute Gasteiger partial charge is 0.497 e. The van der Waals surface area contributed by atoms with Crippen LogP contribution >= 0.6 is 0 Å². The van der Waals surface area contributed by atoms with Crippen LogP contribution < -0.4 is 9.47 Å². The number of piperidine rings is 1. The Morgan fingerprint density at radius 3 is 2.22 bits per heavy atom. The van der Waals surface area contributed by atoms with E-state index in [2.05, 4.69) is 35.2 Å². The Morgan fingerprint density at radius 2 is 1.57 bits per heavy atom. The van der Waals surface area contributed by atoms with Crippen LogP contribution in [0.15, 0.2) is 54.6 Å². The van der Waals surface area contributed by atoms with E-state index in [1.165, 1.54) is 18.4 Å². The van der Waals surface area contributed by atoms with Gasteiger partial charge in [-0.2, -0.15) is 0 Å². The van der Waals surface area contributed by atoms with Gasteiger partial charge in [0.15, 0.2) is 0 Å². The lowest BCUT2D eigenvalue weighted by atomic mass is 9.97. The van der Waals surface area contributed by atoms with Gasteiger partial charge in [0, 0.05) is 6.54 Å². The van der Waals surface area contributed by atoms with Gasteiger partial charge in [0.25, 0.3) is 0 Å². The van der Waals surface area contributed by atoms with Crippen LogP contribution in [0.1, 0.15) is 18.4 Å². The van der Waals surface area contributed by atoms with E-state index in [1.54, 1.807) is 7.11 Å². The SMILES string of the molecule is COc1ccc(OCC2CCN(Cc3ccccc3)CC2)cc1. The monoisotopic (exact) mass is 311 g/mol. The fourth-order valence-electron chi connectivity index (χ4n) is 3.04. The number of methoxy groups -OCH3 is 1. The van der Waals surface area contributed by atoms with E-state index in [-0.39, 0.29) is 0 Å². The zero-order valence-corrected chi connectivity index (χ0v) is 13.8. The summed E-state index contributed by atoms with van der Waals surface area (Å²) in [6.07, 6.45) is 2.42. The molecule has 0 saturated carbocycles. The van der Waals surface area contributed by atoms with Gasteiger partial charge in [0.05, 0.1) is 13.7 Å². The molecule has 1 heterocycles. The number of rotatable bonds is 6. The van der Waals surface area contributed by atoms with Gasteiger partial charge in [-0.1, -0.05) is 30.3 Å². The van der Waals surface area contributed by atoms with Crippen LogP contribution in [-0.2, 0) is 6.54 Å². The maximum Gasteiger partial charge on any atom is 0.119 e.